The van der Waals surface area contributed by atoms with Crippen LogP contribution in [0.5, 0.6) is 5.75 Å². The molecule has 1 aromatic carbocycles. The Balaban J connectivity index is 3.02. The zero-order valence-electron chi connectivity index (χ0n) is 7.98. The van der Waals surface area contributed by atoms with Crippen LogP contribution in [-0.2, 0) is 0 Å². The van der Waals surface area contributed by atoms with E-state index in [-0.39, 0.29) is 25.8 Å². The number of aromatic hydroxyl groups is 1. The molecule has 0 aliphatic carbocycles. The fraction of sp³-hybridized carbons (Fsp3) is 0.100. The van der Waals surface area contributed by atoms with Crippen LogP contribution in [-0.4, -0.2) is 10.1 Å². The van der Waals surface area contributed by atoms with E-state index in [4.69, 9.17) is 46.4 Å². The summed E-state index contributed by atoms with van der Waals surface area (Å²) in [5.74, 6) is 0.0313. The van der Waals surface area contributed by atoms with Gasteiger partial charge < -0.3 is 5.11 Å². The molecular formula is C10H5Cl4NO. The minimum atomic E-state index is 0.0313. The largest absolute Gasteiger partial charge is 0.506 e. The van der Waals surface area contributed by atoms with E-state index in [2.05, 4.69) is 4.98 Å². The number of hydrogen-bond donors (Lipinski definition) is 1. The predicted molar refractivity (Wildman–Crippen MR) is 68.2 cm³/mol. The summed E-state index contributed by atoms with van der Waals surface area (Å²) in [4.78, 5) is 4.13. The zero-order valence-corrected chi connectivity index (χ0v) is 11.0. The smallest absolute Gasteiger partial charge is 0.137 e. The lowest BCUT2D eigenvalue weighted by molar-refractivity contribution is 0.469. The summed E-state index contributed by atoms with van der Waals surface area (Å²) in [6, 6.07) is 1.47. The first-order valence-corrected chi connectivity index (χ1v) is 5.77. The second-order valence-corrected chi connectivity index (χ2v) is 4.76. The van der Waals surface area contributed by atoms with Gasteiger partial charge in [0, 0.05) is 5.39 Å². The van der Waals surface area contributed by atoms with E-state index in [1.807, 2.05) is 0 Å². The summed E-state index contributed by atoms with van der Waals surface area (Å²) in [5.41, 5.74) is 0.875. The van der Waals surface area contributed by atoms with Crippen LogP contribution in [0, 0.1) is 6.92 Å². The molecule has 0 spiro atoms. The molecule has 0 aliphatic rings. The number of hydrogen-bond acceptors (Lipinski definition) is 2. The van der Waals surface area contributed by atoms with Gasteiger partial charge in [0.1, 0.15) is 5.75 Å². The van der Waals surface area contributed by atoms with E-state index in [0.717, 1.165) is 0 Å². The maximum atomic E-state index is 9.55. The number of benzene rings is 1. The molecule has 0 radical (unpaired) electrons. The first-order valence-electron chi connectivity index (χ1n) is 4.25. The van der Waals surface area contributed by atoms with Crippen molar-refractivity contribution < 1.29 is 5.11 Å². The third-order valence-corrected chi connectivity index (χ3v) is 4.02. The van der Waals surface area contributed by atoms with Gasteiger partial charge in [0.2, 0.25) is 0 Å². The van der Waals surface area contributed by atoms with Crippen LogP contribution in [0.2, 0.25) is 20.1 Å². The lowest BCUT2D eigenvalue weighted by Gasteiger charge is -2.09. The number of nitrogens with zero attached hydrogens (tertiary/aromatic N) is 1. The maximum absolute atomic E-state index is 9.55. The van der Waals surface area contributed by atoms with Gasteiger partial charge in [-0.3, -0.25) is 0 Å². The highest BCUT2D eigenvalue weighted by molar-refractivity contribution is 6.55. The topological polar surface area (TPSA) is 33.1 Å². The van der Waals surface area contributed by atoms with Crippen molar-refractivity contribution in [1.29, 1.82) is 0 Å². The van der Waals surface area contributed by atoms with Gasteiger partial charge in [-0.05, 0) is 13.0 Å². The minimum absolute atomic E-state index is 0.0313. The number of fused-ring (bicyclic) bond motifs is 1. The maximum Gasteiger partial charge on any atom is 0.137 e. The highest BCUT2D eigenvalue weighted by Crippen LogP contribution is 2.43. The van der Waals surface area contributed by atoms with Gasteiger partial charge in [-0.2, -0.15) is 0 Å². The van der Waals surface area contributed by atoms with Gasteiger partial charge in [-0.25, -0.2) is 4.98 Å². The Bertz CT molecular complexity index is 545. The van der Waals surface area contributed by atoms with Crippen LogP contribution in [0.1, 0.15) is 5.69 Å². The number of aromatic nitrogens is 1. The summed E-state index contributed by atoms with van der Waals surface area (Å²) in [6.07, 6.45) is 0. The van der Waals surface area contributed by atoms with Crippen molar-refractivity contribution in [3.63, 3.8) is 0 Å². The Hall–Kier alpha value is -0.410. The summed E-state index contributed by atoms with van der Waals surface area (Å²) in [7, 11) is 0. The summed E-state index contributed by atoms with van der Waals surface area (Å²) >= 11 is 23.8. The van der Waals surface area contributed by atoms with Crippen molar-refractivity contribution in [2.75, 3.05) is 0 Å². The molecule has 2 nitrogen and oxygen atoms in total. The Morgan fingerprint density at radius 2 is 1.56 bits per heavy atom. The monoisotopic (exact) mass is 295 g/mol. The number of aryl methyl sites for hydroxylation is 1. The molecule has 2 rings (SSSR count). The Morgan fingerprint density at radius 3 is 2.19 bits per heavy atom. The van der Waals surface area contributed by atoms with Crippen molar-refractivity contribution in [2.24, 2.45) is 0 Å². The first-order chi connectivity index (χ1) is 7.43. The fourth-order valence-electron chi connectivity index (χ4n) is 1.34. The number of halogens is 4. The summed E-state index contributed by atoms with van der Waals surface area (Å²) in [6.45, 7) is 1.65. The van der Waals surface area contributed by atoms with Crippen LogP contribution in [0.15, 0.2) is 6.07 Å². The Morgan fingerprint density at radius 1 is 1.00 bits per heavy atom. The molecule has 84 valence electrons. The Labute approximate surface area is 112 Å². The van der Waals surface area contributed by atoms with E-state index < -0.39 is 0 Å². The van der Waals surface area contributed by atoms with E-state index in [1.165, 1.54) is 6.07 Å². The zero-order chi connectivity index (χ0) is 12.0. The molecule has 1 heterocycles. The van der Waals surface area contributed by atoms with Crippen LogP contribution in [0.25, 0.3) is 10.9 Å². The van der Waals surface area contributed by atoms with Crippen LogP contribution < -0.4 is 0 Å². The molecule has 0 aliphatic heterocycles. The van der Waals surface area contributed by atoms with Crippen LogP contribution in [0.4, 0.5) is 0 Å². The SMILES string of the molecule is Cc1nc2c(Cl)c(Cl)c(Cl)c(Cl)c2cc1O. The van der Waals surface area contributed by atoms with Gasteiger partial charge in [-0.15, -0.1) is 0 Å². The average molecular weight is 297 g/mol. The van der Waals surface area contributed by atoms with Crippen molar-refractivity contribution in [3.05, 3.63) is 31.9 Å². The molecule has 1 N–H and O–H groups in total. The molecule has 0 atom stereocenters. The second kappa shape index (κ2) is 4.11. The van der Waals surface area contributed by atoms with Crippen LogP contribution >= 0.6 is 46.4 Å². The molecular weight excluding hydrogens is 292 g/mol. The quantitative estimate of drug-likeness (QED) is 0.556. The van der Waals surface area contributed by atoms with Gasteiger partial charge in [0.25, 0.3) is 0 Å². The normalized spacial score (nSPS) is 11.1. The Kier molecular flexibility index (Phi) is 3.10. The second-order valence-electron chi connectivity index (χ2n) is 3.25. The van der Waals surface area contributed by atoms with E-state index in [0.29, 0.717) is 16.6 Å². The predicted octanol–water partition coefficient (Wildman–Crippen LogP) is 4.86. The van der Waals surface area contributed by atoms with Gasteiger partial charge in [0.05, 0.1) is 31.3 Å². The molecule has 1 aromatic heterocycles. The lowest BCUT2D eigenvalue weighted by Crippen LogP contribution is -1.88. The molecule has 0 unspecified atom stereocenters. The third-order valence-electron chi connectivity index (χ3n) is 2.21. The van der Waals surface area contributed by atoms with Crippen molar-refractivity contribution in [1.82, 2.24) is 4.98 Å². The first kappa shape index (κ1) is 12.1. The molecule has 0 saturated carbocycles. The van der Waals surface area contributed by atoms with Crippen molar-refractivity contribution >= 4 is 57.3 Å². The highest BCUT2D eigenvalue weighted by Gasteiger charge is 2.17. The van der Waals surface area contributed by atoms with Gasteiger partial charge in [-0.1, -0.05) is 46.4 Å². The highest BCUT2D eigenvalue weighted by atomic mass is 35.5. The molecule has 0 fully saturated rings. The van der Waals surface area contributed by atoms with E-state index >= 15 is 0 Å². The van der Waals surface area contributed by atoms with Crippen molar-refractivity contribution in [3.8, 4) is 5.75 Å². The summed E-state index contributed by atoms with van der Waals surface area (Å²) < 4.78 is 0. The van der Waals surface area contributed by atoms with E-state index in [9.17, 15) is 5.11 Å². The molecule has 16 heavy (non-hydrogen) atoms. The molecule has 0 saturated heterocycles. The third kappa shape index (κ3) is 1.70. The molecule has 0 amide bonds. The lowest BCUT2D eigenvalue weighted by atomic mass is 10.2. The van der Waals surface area contributed by atoms with Crippen molar-refractivity contribution in [2.45, 2.75) is 6.92 Å². The average Bonchev–Trinajstić information content (AvgIpc) is 2.26. The van der Waals surface area contributed by atoms with Gasteiger partial charge >= 0.3 is 0 Å². The fourth-order valence-corrected chi connectivity index (χ4v) is 2.30. The molecule has 0 bridgehead atoms. The number of pyridine rings is 1. The molecule has 2 aromatic rings. The minimum Gasteiger partial charge on any atom is -0.506 e. The number of rotatable bonds is 0. The molecule has 6 heteroatoms. The standard InChI is InChI=1S/C10H5Cl4NO/c1-3-5(16)2-4-6(11)7(12)8(13)9(14)10(4)15-3/h2,16H,1H3. The van der Waals surface area contributed by atoms with Crippen LogP contribution in [0.3, 0.4) is 0 Å². The van der Waals surface area contributed by atoms with E-state index in [1.54, 1.807) is 6.92 Å². The van der Waals surface area contributed by atoms with Gasteiger partial charge in [0.15, 0.2) is 0 Å². The summed E-state index contributed by atoms with van der Waals surface area (Å²) in [5, 5.41) is 10.8.